The summed E-state index contributed by atoms with van der Waals surface area (Å²) in [5.41, 5.74) is 0. The van der Waals surface area contributed by atoms with E-state index in [4.69, 9.17) is 9.47 Å². The third kappa shape index (κ3) is 2.85. The van der Waals surface area contributed by atoms with Crippen molar-refractivity contribution in [3.05, 3.63) is 11.8 Å². The molecule has 17 heavy (non-hydrogen) atoms. The molecule has 0 unspecified atom stereocenters. The van der Waals surface area contributed by atoms with Gasteiger partial charge in [-0.15, -0.1) is 0 Å². The standard InChI is InChI=1S/C12H17NO4/c1-8(14)16-10-3-4-11-12(17-9(2)15)5-6-13(11)7-10/h3,11-12H,4-7H2,1-2H3/t11-,12-/m0/s1. The summed E-state index contributed by atoms with van der Waals surface area (Å²) in [7, 11) is 0. The molecular formula is C12H17NO4. The second kappa shape index (κ2) is 4.87. The third-order valence-electron chi connectivity index (χ3n) is 3.14. The van der Waals surface area contributed by atoms with Gasteiger partial charge in [0.25, 0.3) is 0 Å². The van der Waals surface area contributed by atoms with Gasteiger partial charge in [0, 0.05) is 20.4 Å². The SMILES string of the molecule is CC(=O)OC1=CC[C@H]2[C@@H](OC(C)=O)CCN2C1. The van der Waals surface area contributed by atoms with Crippen LogP contribution in [0.5, 0.6) is 0 Å². The number of nitrogens with zero attached hydrogens (tertiary/aromatic N) is 1. The van der Waals surface area contributed by atoms with Gasteiger partial charge in [-0.2, -0.15) is 0 Å². The highest BCUT2D eigenvalue weighted by atomic mass is 16.5. The summed E-state index contributed by atoms with van der Waals surface area (Å²) < 4.78 is 10.4. The maximum atomic E-state index is 11.0. The Hall–Kier alpha value is -1.36. The minimum atomic E-state index is -0.287. The minimum Gasteiger partial charge on any atom is -0.461 e. The molecule has 0 spiro atoms. The lowest BCUT2D eigenvalue weighted by Gasteiger charge is -2.30. The van der Waals surface area contributed by atoms with E-state index in [1.165, 1.54) is 13.8 Å². The van der Waals surface area contributed by atoms with E-state index < -0.39 is 0 Å². The molecule has 0 aromatic carbocycles. The fraction of sp³-hybridized carbons (Fsp3) is 0.667. The Balaban J connectivity index is 1.97. The van der Waals surface area contributed by atoms with Crippen LogP contribution in [0.3, 0.4) is 0 Å². The second-order valence-electron chi connectivity index (χ2n) is 4.47. The molecule has 0 radical (unpaired) electrons. The first-order valence-corrected chi connectivity index (χ1v) is 5.85. The maximum absolute atomic E-state index is 11.0. The molecule has 1 saturated heterocycles. The number of fused-ring (bicyclic) bond motifs is 1. The smallest absolute Gasteiger partial charge is 0.307 e. The van der Waals surface area contributed by atoms with E-state index in [2.05, 4.69) is 4.90 Å². The molecular weight excluding hydrogens is 222 g/mol. The number of rotatable bonds is 2. The van der Waals surface area contributed by atoms with Crippen LogP contribution in [0.25, 0.3) is 0 Å². The molecule has 2 aliphatic rings. The zero-order valence-electron chi connectivity index (χ0n) is 10.1. The number of hydrogen-bond donors (Lipinski definition) is 0. The molecule has 0 aromatic heterocycles. The van der Waals surface area contributed by atoms with Crippen LogP contribution in [0.2, 0.25) is 0 Å². The van der Waals surface area contributed by atoms with E-state index in [0.29, 0.717) is 12.3 Å². The number of carbonyl (C=O) groups is 2. The average Bonchev–Trinajstić information content (AvgIpc) is 2.59. The molecule has 5 heteroatoms. The summed E-state index contributed by atoms with van der Waals surface area (Å²) in [6.45, 7) is 4.34. The van der Waals surface area contributed by atoms with Crippen molar-refractivity contribution in [1.29, 1.82) is 0 Å². The molecule has 0 N–H and O–H groups in total. The first-order chi connectivity index (χ1) is 8.06. The van der Waals surface area contributed by atoms with Crippen LogP contribution in [-0.2, 0) is 19.1 Å². The van der Waals surface area contributed by atoms with Crippen molar-refractivity contribution in [3.63, 3.8) is 0 Å². The highest BCUT2D eigenvalue weighted by molar-refractivity contribution is 5.67. The first kappa shape index (κ1) is 12.1. The molecule has 0 saturated carbocycles. The van der Waals surface area contributed by atoms with E-state index >= 15 is 0 Å². The molecule has 1 fully saturated rings. The monoisotopic (exact) mass is 239 g/mol. The van der Waals surface area contributed by atoms with E-state index in [1.54, 1.807) is 0 Å². The first-order valence-electron chi connectivity index (χ1n) is 5.85. The molecule has 0 aliphatic carbocycles. The van der Waals surface area contributed by atoms with Crippen molar-refractivity contribution >= 4 is 11.9 Å². The average molecular weight is 239 g/mol. The minimum absolute atomic E-state index is 0.0253. The number of esters is 2. The third-order valence-corrected chi connectivity index (χ3v) is 3.14. The van der Waals surface area contributed by atoms with Crippen LogP contribution in [0.4, 0.5) is 0 Å². The largest absolute Gasteiger partial charge is 0.461 e. The van der Waals surface area contributed by atoms with Crippen molar-refractivity contribution in [2.75, 3.05) is 13.1 Å². The summed E-state index contributed by atoms with van der Waals surface area (Å²) in [5, 5.41) is 0. The topological polar surface area (TPSA) is 55.8 Å². The van der Waals surface area contributed by atoms with Gasteiger partial charge in [-0.1, -0.05) is 0 Å². The molecule has 0 amide bonds. The lowest BCUT2D eigenvalue weighted by molar-refractivity contribution is -0.147. The Bertz CT molecular complexity index is 364. The van der Waals surface area contributed by atoms with Crippen LogP contribution in [0.15, 0.2) is 11.8 Å². The van der Waals surface area contributed by atoms with Crippen molar-refractivity contribution in [2.45, 2.75) is 38.8 Å². The Morgan fingerprint density at radius 3 is 2.76 bits per heavy atom. The molecule has 2 rings (SSSR count). The highest BCUT2D eigenvalue weighted by Crippen LogP contribution is 2.29. The Morgan fingerprint density at radius 1 is 1.35 bits per heavy atom. The zero-order chi connectivity index (χ0) is 12.4. The van der Waals surface area contributed by atoms with Gasteiger partial charge in [-0.25, -0.2) is 0 Å². The predicted molar refractivity (Wildman–Crippen MR) is 60.0 cm³/mol. The Labute approximate surface area is 100 Å². The quantitative estimate of drug-likeness (QED) is 0.668. The fourth-order valence-corrected chi connectivity index (χ4v) is 2.51. The fourth-order valence-electron chi connectivity index (χ4n) is 2.51. The van der Waals surface area contributed by atoms with Crippen molar-refractivity contribution in [3.8, 4) is 0 Å². The summed E-state index contributed by atoms with van der Waals surface area (Å²) in [5.74, 6) is 0.189. The van der Waals surface area contributed by atoms with Crippen LogP contribution in [0, 0.1) is 0 Å². The molecule has 2 atom stereocenters. The van der Waals surface area contributed by atoms with Crippen molar-refractivity contribution in [1.82, 2.24) is 4.90 Å². The van der Waals surface area contributed by atoms with Gasteiger partial charge in [-0.05, 0) is 18.9 Å². The maximum Gasteiger partial charge on any atom is 0.307 e. The van der Waals surface area contributed by atoms with E-state index in [9.17, 15) is 9.59 Å². The predicted octanol–water partition coefficient (Wildman–Crippen LogP) is 0.843. The Morgan fingerprint density at radius 2 is 2.12 bits per heavy atom. The summed E-state index contributed by atoms with van der Waals surface area (Å²) in [6.07, 6.45) is 3.51. The number of carbonyl (C=O) groups excluding carboxylic acids is 2. The van der Waals surface area contributed by atoms with Gasteiger partial charge in [0.2, 0.25) is 0 Å². The van der Waals surface area contributed by atoms with E-state index in [0.717, 1.165) is 19.4 Å². The molecule has 0 aromatic rings. The lowest BCUT2D eigenvalue weighted by atomic mass is 10.1. The zero-order valence-corrected chi connectivity index (χ0v) is 10.1. The Kier molecular flexibility index (Phi) is 3.47. The van der Waals surface area contributed by atoms with Gasteiger partial charge in [0.15, 0.2) is 0 Å². The van der Waals surface area contributed by atoms with Crippen molar-refractivity contribution < 1.29 is 19.1 Å². The van der Waals surface area contributed by atoms with Crippen LogP contribution in [-0.4, -0.2) is 42.1 Å². The number of ether oxygens (including phenoxy) is 2. The summed E-state index contributed by atoms with van der Waals surface area (Å²) in [4.78, 5) is 24.0. The van der Waals surface area contributed by atoms with Gasteiger partial charge >= 0.3 is 11.9 Å². The summed E-state index contributed by atoms with van der Waals surface area (Å²) in [6, 6.07) is 0.234. The van der Waals surface area contributed by atoms with Crippen LogP contribution in [0.1, 0.15) is 26.7 Å². The molecule has 2 heterocycles. The van der Waals surface area contributed by atoms with Gasteiger partial charge in [0.1, 0.15) is 11.9 Å². The van der Waals surface area contributed by atoms with Crippen LogP contribution >= 0.6 is 0 Å². The van der Waals surface area contributed by atoms with Gasteiger partial charge in [0.05, 0.1) is 12.6 Å². The molecule has 2 aliphatic heterocycles. The van der Waals surface area contributed by atoms with Crippen LogP contribution < -0.4 is 0 Å². The second-order valence-corrected chi connectivity index (χ2v) is 4.47. The van der Waals surface area contributed by atoms with Crippen molar-refractivity contribution in [2.24, 2.45) is 0 Å². The molecule has 0 bridgehead atoms. The van der Waals surface area contributed by atoms with Gasteiger partial charge < -0.3 is 9.47 Å². The summed E-state index contributed by atoms with van der Waals surface area (Å²) >= 11 is 0. The molecule has 5 nitrogen and oxygen atoms in total. The number of hydrogen-bond acceptors (Lipinski definition) is 5. The normalized spacial score (nSPS) is 28.2. The lowest BCUT2D eigenvalue weighted by Crippen LogP contribution is -2.40. The molecule has 94 valence electrons. The van der Waals surface area contributed by atoms with E-state index in [-0.39, 0.29) is 24.1 Å². The highest BCUT2D eigenvalue weighted by Gasteiger charge is 2.38. The van der Waals surface area contributed by atoms with Gasteiger partial charge in [-0.3, -0.25) is 14.5 Å². The van der Waals surface area contributed by atoms with E-state index in [1.807, 2.05) is 6.08 Å².